The number of hydrogen-bond acceptors (Lipinski definition) is 4. The highest BCUT2D eigenvalue weighted by molar-refractivity contribution is 14.0. The van der Waals surface area contributed by atoms with Crippen LogP contribution in [0.15, 0.2) is 4.99 Å². The quantitative estimate of drug-likeness (QED) is 0.234. The molecule has 0 saturated heterocycles. The van der Waals surface area contributed by atoms with Gasteiger partial charge in [0.2, 0.25) is 0 Å². The number of ether oxygens (including phenoxy) is 1. The van der Waals surface area contributed by atoms with Crippen LogP contribution in [0, 0.1) is 5.92 Å². The summed E-state index contributed by atoms with van der Waals surface area (Å²) in [6, 6.07) is 0. The van der Waals surface area contributed by atoms with Crippen molar-refractivity contribution in [2.75, 3.05) is 45.4 Å². The molecule has 0 fully saturated rings. The van der Waals surface area contributed by atoms with Gasteiger partial charge in [0, 0.05) is 33.0 Å². The van der Waals surface area contributed by atoms with E-state index in [2.05, 4.69) is 29.5 Å². The Kier molecular flexibility index (Phi) is 15.0. The second-order valence-corrected chi connectivity index (χ2v) is 7.46. The standard InChI is InChI=1S/C13H29N3O3S.HI/c1-12(2)6-9-19-10-8-16-13(14-3)15-7-5-11-20(4,17)18;/h12H,5-11H2,1-4H3,(H2,14,15,16);1H. The maximum absolute atomic E-state index is 11.0. The molecule has 0 aliphatic carbocycles. The Morgan fingerprint density at radius 3 is 2.33 bits per heavy atom. The van der Waals surface area contributed by atoms with Crippen molar-refractivity contribution in [1.29, 1.82) is 0 Å². The molecule has 6 nitrogen and oxygen atoms in total. The lowest BCUT2D eigenvalue weighted by atomic mass is 10.1. The monoisotopic (exact) mass is 435 g/mol. The average Bonchev–Trinajstić information content (AvgIpc) is 2.34. The van der Waals surface area contributed by atoms with Crippen molar-refractivity contribution in [2.24, 2.45) is 10.9 Å². The third-order valence-corrected chi connectivity index (χ3v) is 3.62. The summed E-state index contributed by atoms with van der Waals surface area (Å²) in [5.74, 6) is 1.52. The number of nitrogens with zero attached hydrogens (tertiary/aromatic N) is 1. The van der Waals surface area contributed by atoms with Gasteiger partial charge in [0.1, 0.15) is 9.84 Å². The first-order valence-corrected chi connectivity index (χ1v) is 9.11. The topological polar surface area (TPSA) is 79.8 Å². The fraction of sp³-hybridized carbons (Fsp3) is 0.923. The summed E-state index contributed by atoms with van der Waals surface area (Å²) in [5.41, 5.74) is 0. The van der Waals surface area contributed by atoms with Gasteiger partial charge in [-0.1, -0.05) is 13.8 Å². The van der Waals surface area contributed by atoms with E-state index in [1.54, 1.807) is 7.05 Å². The van der Waals surface area contributed by atoms with E-state index in [9.17, 15) is 8.42 Å². The molecule has 0 aromatic heterocycles. The third-order valence-electron chi connectivity index (χ3n) is 2.59. The number of halogens is 1. The minimum atomic E-state index is -2.88. The molecule has 0 amide bonds. The first kappa shape index (κ1) is 23.2. The van der Waals surface area contributed by atoms with Gasteiger partial charge in [-0.2, -0.15) is 0 Å². The summed E-state index contributed by atoms with van der Waals surface area (Å²) in [6.07, 6.45) is 2.89. The molecule has 0 aromatic carbocycles. The maximum Gasteiger partial charge on any atom is 0.191 e. The molecular formula is C13H30IN3O3S. The lowest BCUT2D eigenvalue weighted by Crippen LogP contribution is -2.39. The second-order valence-electron chi connectivity index (χ2n) is 5.20. The fourth-order valence-corrected chi connectivity index (χ4v) is 2.09. The molecule has 8 heteroatoms. The first-order valence-electron chi connectivity index (χ1n) is 7.05. The van der Waals surface area contributed by atoms with E-state index in [-0.39, 0.29) is 29.7 Å². The van der Waals surface area contributed by atoms with Crippen LogP contribution in [0.4, 0.5) is 0 Å². The molecule has 0 aliphatic heterocycles. The largest absolute Gasteiger partial charge is 0.380 e. The molecule has 0 spiro atoms. The van der Waals surface area contributed by atoms with E-state index < -0.39 is 9.84 Å². The van der Waals surface area contributed by atoms with Gasteiger partial charge in [-0.3, -0.25) is 4.99 Å². The number of nitrogens with one attached hydrogen (secondary N) is 2. The Labute approximate surface area is 146 Å². The minimum absolute atomic E-state index is 0. The second kappa shape index (κ2) is 13.6. The van der Waals surface area contributed by atoms with Crippen LogP contribution in [0.2, 0.25) is 0 Å². The van der Waals surface area contributed by atoms with Crippen molar-refractivity contribution in [3.63, 3.8) is 0 Å². The molecule has 0 aromatic rings. The van der Waals surface area contributed by atoms with E-state index in [1.807, 2.05) is 0 Å². The molecule has 0 heterocycles. The number of aliphatic imine (C=N–C) groups is 1. The zero-order chi connectivity index (χ0) is 15.4. The van der Waals surface area contributed by atoms with Crippen molar-refractivity contribution < 1.29 is 13.2 Å². The average molecular weight is 435 g/mol. The molecule has 0 radical (unpaired) electrons. The van der Waals surface area contributed by atoms with Gasteiger partial charge < -0.3 is 15.4 Å². The van der Waals surface area contributed by atoms with Crippen molar-refractivity contribution in [3.8, 4) is 0 Å². The molecule has 2 N–H and O–H groups in total. The fourth-order valence-electron chi connectivity index (χ4n) is 1.42. The highest BCUT2D eigenvalue weighted by atomic mass is 127. The SMILES string of the molecule is CN=C(NCCCS(C)(=O)=O)NCCOCCC(C)C.I. The molecule has 21 heavy (non-hydrogen) atoms. The zero-order valence-corrected chi connectivity index (χ0v) is 16.7. The number of hydrogen-bond donors (Lipinski definition) is 2. The van der Waals surface area contributed by atoms with Crippen molar-refractivity contribution in [2.45, 2.75) is 26.7 Å². The van der Waals surface area contributed by atoms with Gasteiger partial charge in [0.05, 0.1) is 12.4 Å². The third kappa shape index (κ3) is 17.9. The van der Waals surface area contributed by atoms with Crippen LogP contribution in [0.5, 0.6) is 0 Å². The Hall–Kier alpha value is -0.0900. The van der Waals surface area contributed by atoms with Crippen molar-refractivity contribution >= 4 is 39.8 Å². The van der Waals surface area contributed by atoms with E-state index in [0.717, 1.165) is 13.0 Å². The Balaban J connectivity index is 0. The summed E-state index contributed by atoms with van der Waals surface area (Å²) in [5, 5.41) is 6.19. The highest BCUT2D eigenvalue weighted by Crippen LogP contribution is 1.98. The van der Waals surface area contributed by atoms with Crippen LogP contribution < -0.4 is 10.6 Å². The van der Waals surface area contributed by atoms with Crippen LogP contribution in [0.3, 0.4) is 0 Å². The maximum atomic E-state index is 11.0. The molecule has 128 valence electrons. The smallest absolute Gasteiger partial charge is 0.191 e. The van der Waals surface area contributed by atoms with Gasteiger partial charge in [-0.15, -0.1) is 24.0 Å². The number of rotatable bonds is 10. The van der Waals surface area contributed by atoms with Crippen LogP contribution >= 0.6 is 24.0 Å². The van der Waals surface area contributed by atoms with Crippen LogP contribution in [0.1, 0.15) is 26.7 Å². The Morgan fingerprint density at radius 1 is 1.19 bits per heavy atom. The summed E-state index contributed by atoms with van der Waals surface area (Å²) in [6.45, 7) is 7.02. The van der Waals surface area contributed by atoms with Gasteiger partial charge in [-0.25, -0.2) is 8.42 Å². The van der Waals surface area contributed by atoms with E-state index >= 15 is 0 Å². The number of sulfone groups is 1. The van der Waals surface area contributed by atoms with Crippen molar-refractivity contribution in [3.05, 3.63) is 0 Å². The highest BCUT2D eigenvalue weighted by Gasteiger charge is 2.02. The van der Waals surface area contributed by atoms with Gasteiger partial charge in [-0.05, 0) is 18.8 Å². The Morgan fingerprint density at radius 2 is 1.81 bits per heavy atom. The molecule has 0 aliphatic rings. The summed E-state index contributed by atoms with van der Waals surface area (Å²) >= 11 is 0. The minimum Gasteiger partial charge on any atom is -0.380 e. The Bertz CT molecular complexity index is 373. The van der Waals surface area contributed by atoms with Crippen LogP contribution in [0.25, 0.3) is 0 Å². The lowest BCUT2D eigenvalue weighted by Gasteiger charge is -2.12. The first-order chi connectivity index (χ1) is 9.35. The summed E-state index contributed by atoms with van der Waals surface area (Å²) < 4.78 is 27.4. The van der Waals surface area contributed by atoms with Crippen LogP contribution in [-0.2, 0) is 14.6 Å². The molecule has 0 saturated carbocycles. The molecule has 0 bridgehead atoms. The summed E-state index contributed by atoms with van der Waals surface area (Å²) in [4.78, 5) is 4.06. The molecule has 0 atom stereocenters. The van der Waals surface area contributed by atoms with Gasteiger partial charge in [0.15, 0.2) is 5.96 Å². The number of guanidine groups is 1. The lowest BCUT2D eigenvalue weighted by molar-refractivity contribution is 0.128. The van der Waals surface area contributed by atoms with Crippen LogP contribution in [-0.4, -0.2) is 59.7 Å². The summed E-state index contributed by atoms with van der Waals surface area (Å²) in [7, 11) is -1.20. The van der Waals surface area contributed by atoms with Gasteiger partial charge in [0.25, 0.3) is 0 Å². The predicted octanol–water partition coefficient (Wildman–Crippen LogP) is 1.27. The molecule has 0 rings (SSSR count). The van der Waals surface area contributed by atoms with E-state index in [0.29, 0.717) is 38.0 Å². The van der Waals surface area contributed by atoms with Crippen molar-refractivity contribution in [1.82, 2.24) is 10.6 Å². The van der Waals surface area contributed by atoms with Gasteiger partial charge >= 0.3 is 0 Å². The molecule has 0 unspecified atom stereocenters. The zero-order valence-electron chi connectivity index (χ0n) is 13.5. The van der Waals surface area contributed by atoms with E-state index in [4.69, 9.17) is 4.74 Å². The molecular weight excluding hydrogens is 405 g/mol. The normalized spacial score (nSPS) is 12.1. The predicted molar refractivity (Wildman–Crippen MR) is 99.4 cm³/mol. The van der Waals surface area contributed by atoms with E-state index in [1.165, 1.54) is 6.26 Å².